The van der Waals surface area contributed by atoms with Crippen molar-refractivity contribution in [1.82, 2.24) is 15.0 Å². The average molecular weight is 372 g/mol. The van der Waals surface area contributed by atoms with Crippen molar-refractivity contribution in [2.75, 3.05) is 18.2 Å². The third-order valence-corrected chi connectivity index (χ3v) is 5.17. The van der Waals surface area contributed by atoms with Gasteiger partial charge in [0.1, 0.15) is 5.82 Å². The summed E-state index contributed by atoms with van der Waals surface area (Å²) < 4.78 is 4.95. The molecule has 1 atom stereocenters. The molecule has 0 amide bonds. The predicted octanol–water partition coefficient (Wildman–Crippen LogP) is 2.67. The number of fused-ring (bicyclic) bond motifs is 1. The van der Waals surface area contributed by atoms with Gasteiger partial charge in [0.2, 0.25) is 0 Å². The fourth-order valence-corrected chi connectivity index (χ4v) is 3.68. The fourth-order valence-electron chi connectivity index (χ4n) is 2.96. The minimum Gasteiger partial charge on any atom is -0.466 e. The van der Waals surface area contributed by atoms with Crippen LogP contribution in [0.4, 0.5) is 5.82 Å². The lowest BCUT2D eigenvalue weighted by molar-refractivity contribution is -0.136. The number of carbonyl (C=O) groups is 1. The normalized spacial score (nSPS) is 16.0. The first-order chi connectivity index (χ1) is 12.6. The van der Waals surface area contributed by atoms with E-state index in [1.54, 1.807) is 25.4 Å². The van der Waals surface area contributed by atoms with Crippen LogP contribution in [0.5, 0.6) is 0 Å². The topological polar surface area (TPSA) is 97.0 Å². The smallest absolute Gasteiger partial charge is 0.336 e. The number of carbonyl (C=O) groups excluding carboxylic acids is 1. The lowest BCUT2D eigenvalue weighted by Crippen LogP contribution is -2.31. The molecule has 8 heteroatoms. The second-order valence-electron chi connectivity index (χ2n) is 5.86. The Labute approximate surface area is 155 Å². The second-order valence-corrected chi connectivity index (χ2v) is 6.94. The van der Waals surface area contributed by atoms with Gasteiger partial charge < -0.3 is 15.0 Å². The molecular weight excluding hydrogens is 352 g/mol. The first-order valence-electron chi connectivity index (χ1n) is 8.29. The maximum atomic E-state index is 12.9. The summed E-state index contributed by atoms with van der Waals surface area (Å²) in [5.41, 5.74) is 1.85. The number of methoxy groups -OCH3 is 1. The summed E-state index contributed by atoms with van der Waals surface area (Å²) in [6.45, 7) is 3.84. The van der Waals surface area contributed by atoms with E-state index in [0.717, 1.165) is 17.7 Å². The summed E-state index contributed by atoms with van der Waals surface area (Å²) >= 11 is 1.49. The molecule has 1 aliphatic heterocycles. The van der Waals surface area contributed by atoms with Crippen LogP contribution in [0.2, 0.25) is 0 Å². The summed E-state index contributed by atoms with van der Waals surface area (Å²) in [6, 6.07) is 3.61. The van der Waals surface area contributed by atoms with Gasteiger partial charge in [-0.3, -0.25) is 9.78 Å². The standard InChI is InChI=1S/C18H20N4O3S/c1-4-8-26-18-21-15-14(16(23)22-18)13(11-6-5-7-19-9-11)12(10(2)20-15)17(24)25-3/h5-7,9,13H,4,8H2,1-3H3,(H2,20,21,22,23)/t13-/m1/s1. The second kappa shape index (κ2) is 7.74. The van der Waals surface area contributed by atoms with Crippen LogP contribution in [0.3, 0.4) is 0 Å². The number of ether oxygens (including phenoxy) is 1. The maximum Gasteiger partial charge on any atom is 0.336 e. The van der Waals surface area contributed by atoms with Crippen LogP contribution in [0.15, 0.2) is 45.7 Å². The molecule has 0 aromatic carbocycles. The van der Waals surface area contributed by atoms with Crippen LogP contribution in [-0.4, -0.2) is 33.8 Å². The number of nitrogens with one attached hydrogen (secondary N) is 2. The number of nitrogens with zero attached hydrogens (tertiary/aromatic N) is 2. The van der Waals surface area contributed by atoms with Gasteiger partial charge in [-0.1, -0.05) is 24.8 Å². The third kappa shape index (κ3) is 3.37. The molecule has 3 heterocycles. The predicted molar refractivity (Wildman–Crippen MR) is 100 cm³/mol. The summed E-state index contributed by atoms with van der Waals surface area (Å²) in [4.78, 5) is 36.8. The van der Waals surface area contributed by atoms with Gasteiger partial charge in [-0.2, -0.15) is 0 Å². The monoisotopic (exact) mass is 372 g/mol. The van der Waals surface area contributed by atoms with E-state index in [0.29, 0.717) is 27.8 Å². The van der Waals surface area contributed by atoms with E-state index in [1.807, 2.05) is 6.07 Å². The Hall–Kier alpha value is -2.61. The minimum atomic E-state index is -0.589. The Morgan fingerprint density at radius 1 is 1.42 bits per heavy atom. The van der Waals surface area contributed by atoms with E-state index >= 15 is 0 Å². The van der Waals surface area contributed by atoms with Crippen LogP contribution >= 0.6 is 11.8 Å². The number of aromatic amines is 1. The Morgan fingerprint density at radius 3 is 2.88 bits per heavy atom. The summed E-state index contributed by atoms with van der Waals surface area (Å²) in [7, 11) is 1.32. The Bertz CT molecular complexity index is 908. The van der Waals surface area contributed by atoms with Crippen LogP contribution in [0, 0.1) is 0 Å². The minimum absolute atomic E-state index is 0.274. The zero-order chi connectivity index (χ0) is 18.7. The number of hydrogen-bond acceptors (Lipinski definition) is 7. The zero-order valence-corrected chi connectivity index (χ0v) is 15.6. The summed E-state index contributed by atoms with van der Waals surface area (Å²) in [5, 5.41) is 3.65. The van der Waals surface area contributed by atoms with Crippen molar-refractivity contribution in [3.63, 3.8) is 0 Å². The molecule has 136 valence electrons. The van der Waals surface area contributed by atoms with E-state index in [9.17, 15) is 9.59 Å². The van der Waals surface area contributed by atoms with Crippen molar-refractivity contribution in [1.29, 1.82) is 0 Å². The largest absolute Gasteiger partial charge is 0.466 e. The Balaban J connectivity index is 2.19. The number of thioether (sulfide) groups is 1. The molecule has 3 rings (SSSR count). The molecule has 7 nitrogen and oxygen atoms in total. The maximum absolute atomic E-state index is 12.9. The highest BCUT2D eigenvalue weighted by Crippen LogP contribution is 2.39. The van der Waals surface area contributed by atoms with Crippen molar-refractivity contribution in [3.05, 3.63) is 57.3 Å². The summed E-state index contributed by atoms with van der Waals surface area (Å²) in [6.07, 6.45) is 4.27. The number of esters is 1. The molecule has 0 radical (unpaired) electrons. The van der Waals surface area contributed by atoms with Gasteiger partial charge in [0.05, 0.1) is 24.2 Å². The van der Waals surface area contributed by atoms with Crippen molar-refractivity contribution in [2.45, 2.75) is 31.3 Å². The van der Waals surface area contributed by atoms with Crippen LogP contribution in [0.25, 0.3) is 0 Å². The van der Waals surface area contributed by atoms with Gasteiger partial charge in [-0.15, -0.1) is 0 Å². The first kappa shape index (κ1) is 18.2. The average Bonchev–Trinajstić information content (AvgIpc) is 2.65. The third-order valence-electron chi connectivity index (χ3n) is 4.09. The zero-order valence-electron chi connectivity index (χ0n) is 14.8. The lowest BCUT2D eigenvalue weighted by Gasteiger charge is -2.28. The number of H-pyrrole nitrogens is 1. The van der Waals surface area contributed by atoms with Gasteiger partial charge in [0.25, 0.3) is 5.56 Å². The Morgan fingerprint density at radius 2 is 2.23 bits per heavy atom. The number of hydrogen-bond donors (Lipinski definition) is 2. The molecular formula is C18H20N4O3S. The van der Waals surface area contributed by atoms with Crippen molar-refractivity contribution < 1.29 is 9.53 Å². The number of aromatic nitrogens is 3. The molecule has 0 saturated carbocycles. The van der Waals surface area contributed by atoms with Crippen LogP contribution < -0.4 is 10.9 Å². The molecule has 0 unspecified atom stereocenters. The highest BCUT2D eigenvalue weighted by Gasteiger charge is 2.36. The molecule has 0 aliphatic carbocycles. The molecule has 26 heavy (non-hydrogen) atoms. The van der Waals surface area contributed by atoms with Crippen molar-refractivity contribution in [3.8, 4) is 0 Å². The molecule has 0 bridgehead atoms. The molecule has 0 fully saturated rings. The highest BCUT2D eigenvalue weighted by atomic mass is 32.2. The highest BCUT2D eigenvalue weighted by molar-refractivity contribution is 7.99. The molecule has 2 aromatic heterocycles. The fraction of sp³-hybridized carbons (Fsp3) is 0.333. The van der Waals surface area contributed by atoms with Crippen LogP contribution in [-0.2, 0) is 9.53 Å². The molecule has 2 aromatic rings. The van der Waals surface area contributed by atoms with Gasteiger partial charge in [0.15, 0.2) is 5.16 Å². The number of allylic oxidation sites excluding steroid dienone is 1. The van der Waals surface area contributed by atoms with E-state index in [-0.39, 0.29) is 5.56 Å². The number of anilines is 1. The van der Waals surface area contributed by atoms with E-state index < -0.39 is 11.9 Å². The summed E-state index contributed by atoms with van der Waals surface area (Å²) in [5.74, 6) is 0.245. The first-order valence-corrected chi connectivity index (χ1v) is 9.28. The van der Waals surface area contributed by atoms with Gasteiger partial charge in [-0.25, -0.2) is 9.78 Å². The lowest BCUT2D eigenvalue weighted by atomic mass is 9.83. The van der Waals surface area contributed by atoms with E-state index in [1.165, 1.54) is 18.9 Å². The SMILES string of the molecule is CCCSc1nc2c(c(=O)[nH]1)[C@H](c1cccnc1)C(C(=O)OC)=C(C)N2. The van der Waals surface area contributed by atoms with Gasteiger partial charge in [-0.05, 0) is 25.0 Å². The van der Waals surface area contributed by atoms with Gasteiger partial charge >= 0.3 is 5.97 Å². The number of pyridine rings is 1. The van der Waals surface area contributed by atoms with Crippen LogP contribution in [0.1, 0.15) is 37.3 Å². The Kier molecular flexibility index (Phi) is 5.41. The molecule has 0 saturated heterocycles. The van der Waals surface area contributed by atoms with Crippen molar-refractivity contribution in [2.24, 2.45) is 0 Å². The van der Waals surface area contributed by atoms with E-state index in [2.05, 4.69) is 27.2 Å². The molecule has 0 spiro atoms. The quantitative estimate of drug-likeness (QED) is 0.473. The molecule has 1 aliphatic rings. The van der Waals surface area contributed by atoms with Crippen molar-refractivity contribution >= 4 is 23.5 Å². The van der Waals surface area contributed by atoms with Gasteiger partial charge in [0, 0.05) is 23.8 Å². The molecule has 2 N–H and O–H groups in total. The number of rotatable bonds is 5. The van der Waals surface area contributed by atoms with E-state index in [4.69, 9.17) is 4.74 Å².